The maximum atomic E-state index is 11.9. The number of hydrogen-bond acceptors (Lipinski definition) is 3. The molecule has 1 aliphatic rings. The molecule has 0 spiro atoms. The first-order valence-corrected chi connectivity index (χ1v) is 6.60. The van der Waals surface area contributed by atoms with Crippen molar-refractivity contribution in [1.82, 2.24) is 5.32 Å². The van der Waals surface area contributed by atoms with Gasteiger partial charge in [0.25, 0.3) is 0 Å². The highest BCUT2D eigenvalue weighted by Crippen LogP contribution is 2.37. The smallest absolute Gasteiger partial charge is 0.235 e. The largest absolute Gasteiger partial charge is 0.396 e. The zero-order chi connectivity index (χ0) is 11.3. The Kier molecular flexibility index (Phi) is 4.93. The Morgan fingerprint density at radius 1 is 1.67 bits per heavy atom. The molecule has 88 valence electrons. The Hall–Kier alpha value is -0.220. The monoisotopic (exact) mass is 231 g/mol. The van der Waals surface area contributed by atoms with Crippen LogP contribution in [0.4, 0.5) is 0 Å². The number of amides is 1. The first kappa shape index (κ1) is 12.8. The van der Waals surface area contributed by atoms with E-state index in [2.05, 4.69) is 5.32 Å². The quantitative estimate of drug-likeness (QED) is 0.752. The van der Waals surface area contributed by atoms with E-state index in [0.717, 1.165) is 25.0 Å². The maximum Gasteiger partial charge on any atom is 0.235 e. The van der Waals surface area contributed by atoms with Crippen LogP contribution in [-0.2, 0) is 4.79 Å². The van der Waals surface area contributed by atoms with E-state index in [4.69, 9.17) is 5.11 Å². The highest BCUT2D eigenvalue weighted by molar-refractivity contribution is 8.01. The first-order chi connectivity index (χ1) is 7.08. The van der Waals surface area contributed by atoms with Gasteiger partial charge in [0, 0.05) is 13.2 Å². The van der Waals surface area contributed by atoms with E-state index in [1.807, 2.05) is 13.8 Å². The fourth-order valence-corrected chi connectivity index (χ4v) is 2.97. The van der Waals surface area contributed by atoms with Crippen molar-refractivity contribution in [2.45, 2.75) is 37.9 Å². The topological polar surface area (TPSA) is 49.3 Å². The number of thioether (sulfide) groups is 1. The van der Waals surface area contributed by atoms with Crippen LogP contribution in [0.1, 0.15) is 33.1 Å². The van der Waals surface area contributed by atoms with Crippen molar-refractivity contribution in [3.63, 3.8) is 0 Å². The van der Waals surface area contributed by atoms with Crippen LogP contribution in [0.15, 0.2) is 0 Å². The average Bonchev–Trinajstić information content (AvgIpc) is 2.63. The van der Waals surface area contributed by atoms with E-state index < -0.39 is 0 Å². The van der Waals surface area contributed by atoms with Crippen molar-refractivity contribution < 1.29 is 9.90 Å². The average molecular weight is 231 g/mol. The number of nitrogens with one attached hydrogen (secondary N) is 1. The van der Waals surface area contributed by atoms with Gasteiger partial charge in [0.05, 0.1) is 4.75 Å². The lowest BCUT2D eigenvalue weighted by Crippen LogP contribution is -2.42. The maximum absolute atomic E-state index is 11.9. The summed E-state index contributed by atoms with van der Waals surface area (Å²) in [5, 5.41) is 11.7. The Morgan fingerprint density at radius 2 is 2.40 bits per heavy atom. The van der Waals surface area contributed by atoms with Crippen LogP contribution in [0, 0.1) is 5.92 Å². The van der Waals surface area contributed by atoms with Crippen molar-refractivity contribution in [3.05, 3.63) is 0 Å². The second kappa shape index (κ2) is 5.75. The molecule has 1 rings (SSSR count). The third-order valence-corrected chi connectivity index (χ3v) is 4.45. The Balaban J connectivity index is 2.29. The van der Waals surface area contributed by atoms with Crippen LogP contribution in [0.5, 0.6) is 0 Å². The predicted molar refractivity (Wildman–Crippen MR) is 64.0 cm³/mol. The summed E-state index contributed by atoms with van der Waals surface area (Å²) in [5.41, 5.74) is 0. The van der Waals surface area contributed by atoms with E-state index in [1.54, 1.807) is 11.8 Å². The van der Waals surface area contributed by atoms with Gasteiger partial charge in [-0.25, -0.2) is 0 Å². The van der Waals surface area contributed by atoms with Crippen molar-refractivity contribution in [1.29, 1.82) is 0 Å². The van der Waals surface area contributed by atoms with E-state index in [0.29, 0.717) is 12.5 Å². The van der Waals surface area contributed by atoms with Gasteiger partial charge in [-0.3, -0.25) is 4.79 Å². The minimum absolute atomic E-state index is 0.162. The third kappa shape index (κ3) is 3.68. The summed E-state index contributed by atoms with van der Waals surface area (Å²) in [6.45, 7) is 4.94. The molecule has 2 N–H and O–H groups in total. The summed E-state index contributed by atoms with van der Waals surface area (Å²) in [4.78, 5) is 11.9. The standard InChI is InChI=1S/C11H21NO2S/c1-9(4-6-13)8-12-10(14)11(2)5-3-7-15-11/h9,13H,3-8H2,1-2H3,(H,12,14). The fraction of sp³-hybridized carbons (Fsp3) is 0.909. The van der Waals surface area contributed by atoms with Crippen LogP contribution < -0.4 is 5.32 Å². The van der Waals surface area contributed by atoms with E-state index >= 15 is 0 Å². The molecule has 1 saturated heterocycles. The molecule has 1 aliphatic heterocycles. The number of aliphatic hydroxyl groups is 1. The normalized spacial score (nSPS) is 27.7. The molecular weight excluding hydrogens is 210 g/mol. The van der Waals surface area contributed by atoms with Gasteiger partial charge in [0.15, 0.2) is 0 Å². The lowest BCUT2D eigenvalue weighted by atomic mass is 10.0. The number of carbonyl (C=O) groups is 1. The molecule has 0 saturated carbocycles. The number of carbonyl (C=O) groups excluding carboxylic acids is 1. The number of aliphatic hydroxyl groups excluding tert-OH is 1. The van der Waals surface area contributed by atoms with Crippen LogP contribution in [0.25, 0.3) is 0 Å². The Morgan fingerprint density at radius 3 is 2.93 bits per heavy atom. The van der Waals surface area contributed by atoms with E-state index in [9.17, 15) is 4.79 Å². The van der Waals surface area contributed by atoms with E-state index in [1.165, 1.54) is 0 Å². The van der Waals surface area contributed by atoms with Gasteiger partial charge in [-0.05, 0) is 37.9 Å². The molecule has 0 aromatic carbocycles. The van der Waals surface area contributed by atoms with Gasteiger partial charge in [-0.15, -0.1) is 11.8 Å². The van der Waals surface area contributed by atoms with Gasteiger partial charge >= 0.3 is 0 Å². The molecule has 2 atom stereocenters. The summed E-state index contributed by atoms with van der Waals surface area (Å²) >= 11 is 1.76. The molecular formula is C11H21NO2S. The molecule has 1 heterocycles. The van der Waals surface area contributed by atoms with Gasteiger partial charge in [-0.1, -0.05) is 6.92 Å². The molecule has 2 unspecified atom stereocenters. The van der Waals surface area contributed by atoms with Crippen molar-refractivity contribution in [3.8, 4) is 0 Å². The van der Waals surface area contributed by atoms with Crippen LogP contribution in [0.2, 0.25) is 0 Å². The molecule has 15 heavy (non-hydrogen) atoms. The second-order valence-electron chi connectivity index (χ2n) is 4.51. The number of hydrogen-bond donors (Lipinski definition) is 2. The van der Waals surface area contributed by atoms with Crippen LogP contribution >= 0.6 is 11.8 Å². The van der Waals surface area contributed by atoms with Crippen LogP contribution in [-0.4, -0.2) is 34.7 Å². The molecule has 0 bridgehead atoms. The van der Waals surface area contributed by atoms with Gasteiger partial charge < -0.3 is 10.4 Å². The highest BCUT2D eigenvalue weighted by atomic mass is 32.2. The first-order valence-electron chi connectivity index (χ1n) is 5.61. The van der Waals surface area contributed by atoms with Crippen molar-refractivity contribution in [2.24, 2.45) is 5.92 Å². The van der Waals surface area contributed by atoms with Crippen molar-refractivity contribution in [2.75, 3.05) is 18.9 Å². The Bertz CT molecular complexity index is 215. The summed E-state index contributed by atoms with van der Waals surface area (Å²) < 4.78 is -0.209. The fourth-order valence-electron chi connectivity index (χ4n) is 1.73. The summed E-state index contributed by atoms with van der Waals surface area (Å²) in [7, 11) is 0. The number of rotatable bonds is 5. The summed E-state index contributed by atoms with van der Waals surface area (Å²) in [6, 6.07) is 0. The molecule has 1 fully saturated rings. The van der Waals surface area contributed by atoms with Gasteiger partial charge in [0.1, 0.15) is 0 Å². The third-order valence-electron chi connectivity index (χ3n) is 2.93. The van der Waals surface area contributed by atoms with Gasteiger partial charge in [0.2, 0.25) is 5.91 Å². The highest BCUT2D eigenvalue weighted by Gasteiger charge is 2.36. The lowest BCUT2D eigenvalue weighted by molar-refractivity contribution is -0.123. The summed E-state index contributed by atoms with van der Waals surface area (Å²) in [5.74, 6) is 1.61. The molecule has 0 aromatic heterocycles. The van der Waals surface area contributed by atoms with E-state index in [-0.39, 0.29) is 17.3 Å². The summed E-state index contributed by atoms with van der Waals surface area (Å²) in [6.07, 6.45) is 2.88. The molecule has 0 aliphatic carbocycles. The minimum Gasteiger partial charge on any atom is -0.396 e. The molecule has 1 amide bonds. The van der Waals surface area contributed by atoms with Gasteiger partial charge in [-0.2, -0.15) is 0 Å². The zero-order valence-electron chi connectivity index (χ0n) is 9.58. The predicted octanol–water partition coefficient (Wildman–Crippen LogP) is 1.41. The molecule has 0 radical (unpaired) electrons. The minimum atomic E-state index is -0.209. The second-order valence-corrected chi connectivity index (χ2v) is 6.11. The Labute approximate surface area is 96.0 Å². The SMILES string of the molecule is CC(CCO)CNC(=O)C1(C)CCCS1. The molecule has 0 aromatic rings. The lowest BCUT2D eigenvalue weighted by Gasteiger charge is -2.22. The van der Waals surface area contributed by atoms with Crippen LogP contribution in [0.3, 0.4) is 0 Å². The van der Waals surface area contributed by atoms with Crippen molar-refractivity contribution >= 4 is 17.7 Å². The molecule has 4 heteroatoms. The molecule has 3 nitrogen and oxygen atoms in total. The zero-order valence-corrected chi connectivity index (χ0v) is 10.4.